The number of ketones is 1. The molecule has 0 N–H and O–H groups in total. The van der Waals surface area contributed by atoms with Gasteiger partial charge in [0.25, 0.3) is 0 Å². The minimum Gasteiger partial charge on any atom is -0.298 e. The van der Waals surface area contributed by atoms with Crippen molar-refractivity contribution in [2.45, 2.75) is 30.3 Å². The second-order valence-corrected chi connectivity index (χ2v) is 5.55. The van der Waals surface area contributed by atoms with E-state index < -0.39 is 0 Å². The maximum Gasteiger partial charge on any atom is 0.146 e. The van der Waals surface area contributed by atoms with E-state index in [4.69, 9.17) is 0 Å². The Balaban J connectivity index is 1.98. The third-order valence-corrected chi connectivity index (χ3v) is 4.04. The molecule has 1 aromatic carbocycles. The Morgan fingerprint density at radius 2 is 2.07 bits per heavy atom. The molecule has 1 aliphatic heterocycles. The lowest BCUT2D eigenvalue weighted by atomic mass is 10.1. The van der Waals surface area contributed by atoms with Crippen LogP contribution in [0.25, 0.3) is 0 Å². The molecule has 3 heteroatoms. The largest absolute Gasteiger partial charge is 0.298 e. The van der Waals surface area contributed by atoms with Crippen molar-refractivity contribution in [3.8, 4) is 0 Å². The summed E-state index contributed by atoms with van der Waals surface area (Å²) in [4.78, 5) is 11.3. The monoisotopic (exact) mass is 224 g/mol. The standard InChI is InChI=1S/C12H13FOS/c1-8-12(14)7-11(15-8)6-9-2-4-10(13)5-3-9/h2-5,8,11H,6-7H2,1H3. The molecular formula is C12H13FOS. The van der Waals surface area contributed by atoms with Gasteiger partial charge in [-0.25, -0.2) is 4.39 Å². The molecule has 15 heavy (non-hydrogen) atoms. The minimum atomic E-state index is -0.206. The molecule has 1 aromatic rings. The fourth-order valence-corrected chi connectivity index (χ4v) is 3.18. The number of benzene rings is 1. The molecule has 0 aliphatic carbocycles. The van der Waals surface area contributed by atoms with Crippen LogP contribution in [0.2, 0.25) is 0 Å². The first kappa shape index (κ1) is 10.7. The lowest BCUT2D eigenvalue weighted by Crippen LogP contribution is -2.05. The minimum absolute atomic E-state index is 0.135. The number of thioether (sulfide) groups is 1. The second kappa shape index (κ2) is 4.35. The zero-order valence-electron chi connectivity index (χ0n) is 8.57. The van der Waals surface area contributed by atoms with Crippen LogP contribution in [-0.2, 0) is 11.2 Å². The van der Waals surface area contributed by atoms with Crippen LogP contribution >= 0.6 is 11.8 Å². The second-order valence-electron chi connectivity index (χ2n) is 3.90. The molecule has 1 saturated heterocycles. The number of hydrogen-bond acceptors (Lipinski definition) is 2. The quantitative estimate of drug-likeness (QED) is 0.768. The Hall–Kier alpha value is -0.830. The number of halogens is 1. The molecule has 0 radical (unpaired) electrons. The lowest BCUT2D eigenvalue weighted by molar-refractivity contribution is -0.117. The number of carbonyl (C=O) groups is 1. The van der Waals surface area contributed by atoms with Crippen LogP contribution in [0.3, 0.4) is 0 Å². The molecule has 2 atom stereocenters. The SMILES string of the molecule is CC1SC(Cc2ccc(F)cc2)CC1=O. The van der Waals surface area contributed by atoms with Crippen molar-refractivity contribution in [1.82, 2.24) is 0 Å². The van der Waals surface area contributed by atoms with Crippen molar-refractivity contribution in [3.05, 3.63) is 35.6 Å². The summed E-state index contributed by atoms with van der Waals surface area (Å²) in [6, 6.07) is 6.53. The number of hydrogen-bond donors (Lipinski definition) is 0. The molecule has 1 nitrogen and oxygen atoms in total. The van der Waals surface area contributed by atoms with Crippen molar-refractivity contribution in [3.63, 3.8) is 0 Å². The third kappa shape index (κ3) is 2.59. The van der Waals surface area contributed by atoms with E-state index in [0.717, 1.165) is 12.0 Å². The molecular weight excluding hydrogens is 211 g/mol. The van der Waals surface area contributed by atoms with Crippen LogP contribution in [0.15, 0.2) is 24.3 Å². The van der Waals surface area contributed by atoms with Crippen LogP contribution in [0.1, 0.15) is 18.9 Å². The number of Topliss-reactive ketones (excluding diaryl/α,β-unsaturated/α-hetero) is 1. The highest BCUT2D eigenvalue weighted by Gasteiger charge is 2.29. The van der Waals surface area contributed by atoms with Gasteiger partial charge in [-0.15, -0.1) is 11.8 Å². The van der Waals surface area contributed by atoms with Crippen molar-refractivity contribution < 1.29 is 9.18 Å². The Kier molecular flexibility index (Phi) is 3.10. The molecule has 1 heterocycles. The molecule has 0 bridgehead atoms. The van der Waals surface area contributed by atoms with Gasteiger partial charge >= 0.3 is 0 Å². The topological polar surface area (TPSA) is 17.1 Å². The van der Waals surface area contributed by atoms with Crippen LogP contribution in [-0.4, -0.2) is 16.3 Å². The van der Waals surface area contributed by atoms with E-state index in [2.05, 4.69) is 0 Å². The average Bonchev–Trinajstić information content (AvgIpc) is 2.50. The van der Waals surface area contributed by atoms with E-state index >= 15 is 0 Å². The van der Waals surface area contributed by atoms with E-state index in [1.807, 2.05) is 6.92 Å². The van der Waals surface area contributed by atoms with Crippen molar-refractivity contribution >= 4 is 17.5 Å². The summed E-state index contributed by atoms with van der Waals surface area (Å²) in [6.45, 7) is 1.96. The van der Waals surface area contributed by atoms with E-state index in [-0.39, 0.29) is 11.1 Å². The molecule has 0 aromatic heterocycles. The first-order valence-corrected chi connectivity index (χ1v) is 6.02. The molecule has 0 saturated carbocycles. The van der Waals surface area contributed by atoms with E-state index in [9.17, 15) is 9.18 Å². The molecule has 0 spiro atoms. The van der Waals surface area contributed by atoms with Crippen LogP contribution in [0.5, 0.6) is 0 Å². The fraction of sp³-hybridized carbons (Fsp3) is 0.417. The van der Waals surface area contributed by atoms with Gasteiger partial charge in [0, 0.05) is 11.7 Å². The van der Waals surface area contributed by atoms with Gasteiger partial charge in [-0.05, 0) is 31.0 Å². The fourth-order valence-electron chi connectivity index (χ4n) is 1.81. The van der Waals surface area contributed by atoms with Crippen LogP contribution < -0.4 is 0 Å². The highest BCUT2D eigenvalue weighted by Crippen LogP contribution is 2.32. The summed E-state index contributed by atoms with van der Waals surface area (Å²) in [5, 5.41) is 0.508. The molecule has 2 unspecified atom stereocenters. The smallest absolute Gasteiger partial charge is 0.146 e. The zero-order chi connectivity index (χ0) is 10.8. The Labute approximate surface area is 93.1 Å². The van der Waals surface area contributed by atoms with Crippen molar-refractivity contribution in [2.75, 3.05) is 0 Å². The maximum atomic E-state index is 12.7. The Bertz CT molecular complexity index is 360. The van der Waals surface area contributed by atoms with Crippen LogP contribution in [0, 0.1) is 5.82 Å². The number of carbonyl (C=O) groups excluding carboxylic acids is 1. The van der Waals surface area contributed by atoms with Gasteiger partial charge in [0.1, 0.15) is 11.6 Å². The summed E-state index contributed by atoms with van der Waals surface area (Å²) in [6.07, 6.45) is 1.52. The van der Waals surface area contributed by atoms with E-state index in [1.165, 1.54) is 12.1 Å². The summed E-state index contributed by atoms with van der Waals surface area (Å²) >= 11 is 1.73. The van der Waals surface area contributed by atoms with Gasteiger partial charge in [-0.3, -0.25) is 4.79 Å². The maximum absolute atomic E-state index is 12.7. The lowest BCUT2D eigenvalue weighted by Gasteiger charge is -2.07. The van der Waals surface area contributed by atoms with Gasteiger partial charge in [0.2, 0.25) is 0 Å². The number of rotatable bonds is 2. The molecule has 2 rings (SSSR count). The van der Waals surface area contributed by atoms with Gasteiger partial charge in [-0.1, -0.05) is 12.1 Å². The molecule has 0 amide bonds. The van der Waals surface area contributed by atoms with Gasteiger partial charge in [0.05, 0.1) is 5.25 Å². The first-order valence-electron chi connectivity index (χ1n) is 5.08. The average molecular weight is 224 g/mol. The first-order chi connectivity index (χ1) is 7.15. The van der Waals surface area contributed by atoms with Crippen molar-refractivity contribution in [2.24, 2.45) is 0 Å². The third-order valence-electron chi connectivity index (χ3n) is 2.66. The Morgan fingerprint density at radius 1 is 1.40 bits per heavy atom. The van der Waals surface area contributed by atoms with E-state index in [1.54, 1.807) is 23.9 Å². The predicted molar refractivity (Wildman–Crippen MR) is 60.6 cm³/mol. The molecule has 80 valence electrons. The highest BCUT2D eigenvalue weighted by molar-refractivity contribution is 8.01. The summed E-state index contributed by atoms with van der Waals surface area (Å²) in [5.74, 6) is 0.134. The summed E-state index contributed by atoms with van der Waals surface area (Å²) in [7, 11) is 0. The Morgan fingerprint density at radius 3 is 2.60 bits per heavy atom. The molecule has 1 fully saturated rings. The summed E-state index contributed by atoms with van der Waals surface area (Å²) < 4.78 is 12.7. The van der Waals surface area contributed by atoms with Gasteiger partial charge < -0.3 is 0 Å². The van der Waals surface area contributed by atoms with Crippen LogP contribution in [0.4, 0.5) is 4.39 Å². The van der Waals surface area contributed by atoms with Gasteiger partial charge in [0.15, 0.2) is 0 Å². The highest BCUT2D eigenvalue weighted by atomic mass is 32.2. The molecule has 1 aliphatic rings. The summed E-state index contributed by atoms with van der Waals surface area (Å²) in [5.41, 5.74) is 1.11. The van der Waals surface area contributed by atoms with Crippen molar-refractivity contribution in [1.29, 1.82) is 0 Å². The van der Waals surface area contributed by atoms with E-state index in [0.29, 0.717) is 17.5 Å². The normalized spacial score (nSPS) is 25.9. The van der Waals surface area contributed by atoms with Gasteiger partial charge in [-0.2, -0.15) is 0 Å². The zero-order valence-corrected chi connectivity index (χ0v) is 9.39. The predicted octanol–water partition coefficient (Wildman–Crippen LogP) is 2.83.